The molecule has 3 aliphatic heterocycles. The van der Waals surface area contributed by atoms with Crippen LogP contribution >= 0.6 is 0 Å². The second kappa shape index (κ2) is 9.25. The Morgan fingerprint density at radius 1 is 1.22 bits per heavy atom. The molecule has 6 heterocycles. The van der Waals surface area contributed by atoms with Gasteiger partial charge in [-0.15, -0.1) is 0 Å². The number of amides is 1. The number of aryl methyl sites for hydroxylation is 1. The van der Waals surface area contributed by atoms with Crippen molar-refractivity contribution in [3.8, 4) is 17.6 Å². The minimum Gasteiger partial charge on any atom is -0.494 e. The first-order valence-electron chi connectivity index (χ1n) is 12.5. The van der Waals surface area contributed by atoms with Gasteiger partial charge < -0.3 is 24.8 Å². The van der Waals surface area contributed by atoms with Gasteiger partial charge in [0.2, 0.25) is 0 Å². The zero-order chi connectivity index (χ0) is 25.5. The minimum atomic E-state index is -0.186. The van der Waals surface area contributed by atoms with Crippen LogP contribution in [0.25, 0.3) is 11.0 Å². The Morgan fingerprint density at radius 3 is 2.84 bits per heavy atom. The lowest BCUT2D eigenvalue weighted by atomic mass is 9.69. The number of fused-ring (bicyclic) bond motifs is 5. The minimum absolute atomic E-state index is 0.0258. The van der Waals surface area contributed by atoms with E-state index >= 15 is 0 Å². The topological polar surface area (TPSA) is 131 Å². The van der Waals surface area contributed by atoms with Gasteiger partial charge in [-0.1, -0.05) is 0 Å². The van der Waals surface area contributed by atoms with Crippen molar-refractivity contribution in [3.63, 3.8) is 0 Å². The van der Waals surface area contributed by atoms with Gasteiger partial charge in [-0.25, -0.2) is 9.97 Å². The summed E-state index contributed by atoms with van der Waals surface area (Å²) in [5.74, 6) is 1.33. The lowest BCUT2D eigenvalue weighted by Gasteiger charge is -2.53. The number of nitrogens with zero attached hydrogens (tertiary/aromatic N) is 4. The van der Waals surface area contributed by atoms with Crippen LogP contribution < -0.4 is 20.1 Å². The van der Waals surface area contributed by atoms with E-state index in [1.54, 1.807) is 12.3 Å². The highest BCUT2D eigenvalue weighted by Crippen LogP contribution is 2.46. The molecule has 0 atom stereocenters. The fraction of sp³-hybridized carbons (Fsp3) is 0.444. The van der Waals surface area contributed by atoms with E-state index in [2.05, 4.69) is 31.7 Å². The Morgan fingerprint density at radius 2 is 2.08 bits per heavy atom. The average molecular weight is 501 g/mol. The lowest BCUT2D eigenvalue weighted by molar-refractivity contribution is -0.165. The van der Waals surface area contributed by atoms with Gasteiger partial charge in [-0.3, -0.25) is 9.78 Å². The number of aromatic nitrogens is 3. The molecule has 190 valence electrons. The molecule has 7 rings (SSSR count). The third kappa shape index (κ3) is 4.45. The number of methoxy groups -OCH3 is 1. The number of hydrogen-bond acceptors (Lipinski definition) is 9. The SMILES string of the molecule is COc1cc2nccc(CCC34CCC(NCc5ccc6c(n5)NC(=O)CO6)(CC3)CO4)c2nc1C#N. The van der Waals surface area contributed by atoms with Crippen molar-refractivity contribution in [2.24, 2.45) is 0 Å². The van der Waals surface area contributed by atoms with Gasteiger partial charge in [-0.05, 0) is 62.3 Å². The standard InChI is InChI=1S/C27H28N6O4/c1-35-22-12-19-24(32-20(22)13-28)17(5-11-29-19)4-6-27-9-7-26(8-10-27,16-37-27)30-14-18-2-3-21-25(31-18)33-23(34)15-36-21/h2-3,5,11-12,30H,4,6-10,14-16H2,1H3,(H,31,33,34). The van der Waals surface area contributed by atoms with E-state index in [1.807, 2.05) is 18.2 Å². The highest BCUT2D eigenvalue weighted by molar-refractivity contribution is 5.94. The van der Waals surface area contributed by atoms with Crippen LogP contribution in [-0.4, -0.2) is 52.3 Å². The van der Waals surface area contributed by atoms with Crippen LogP contribution in [-0.2, 0) is 22.5 Å². The Kier molecular flexibility index (Phi) is 5.89. The first-order valence-corrected chi connectivity index (χ1v) is 12.5. The maximum absolute atomic E-state index is 11.6. The summed E-state index contributed by atoms with van der Waals surface area (Å²) in [6.45, 7) is 1.28. The summed E-state index contributed by atoms with van der Waals surface area (Å²) in [6.07, 6.45) is 7.50. The van der Waals surface area contributed by atoms with E-state index < -0.39 is 0 Å². The number of ether oxygens (including phenoxy) is 3. The van der Waals surface area contributed by atoms with Crippen LogP contribution in [0.4, 0.5) is 5.82 Å². The van der Waals surface area contributed by atoms with Crippen molar-refractivity contribution in [1.82, 2.24) is 20.3 Å². The molecule has 37 heavy (non-hydrogen) atoms. The summed E-state index contributed by atoms with van der Waals surface area (Å²) in [4.78, 5) is 25.1. The molecule has 2 bridgehead atoms. The first-order chi connectivity index (χ1) is 18.0. The van der Waals surface area contributed by atoms with Crippen molar-refractivity contribution >= 4 is 22.8 Å². The second-order valence-corrected chi connectivity index (χ2v) is 10.1. The molecular formula is C27H28N6O4. The van der Waals surface area contributed by atoms with Crippen LogP contribution in [0.5, 0.6) is 11.5 Å². The Labute approximate surface area is 214 Å². The van der Waals surface area contributed by atoms with E-state index in [1.165, 1.54) is 7.11 Å². The number of carbonyl (C=O) groups excluding carboxylic acids is 1. The van der Waals surface area contributed by atoms with E-state index in [-0.39, 0.29) is 29.3 Å². The molecule has 3 fully saturated rings. The van der Waals surface area contributed by atoms with Gasteiger partial charge in [0, 0.05) is 24.3 Å². The number of nitriles is 1. The summed E-state index contributed by atoms with van der Waals surface area (Å²) in [5.41, 5.74) is 3.46. The summed E-state index contributed by atoms with van der Waals surface area (Å²) in [6, 6.07) is 9.66. The summed E-state index contributed by atoms with van der Waals surface area (Å²) in [7, 11) is 1.53. The summed E-state index contributed by atoms with van der Waals surface area (Å²) in [5, 5.41) is 15.9. The number of pyridine rings is 3. The molecular weight excluding hydrogens is 472 g/mol. The molecule has 0 spiro atoms. The predicted octanol–water partition coefficient (Wildman–Crippen LogP) is 3.04. The van der Waals surface area contributed by atoms with Gasteiger partial charge in [-0.2, -0.15) is 5.26 Å². The zero-order valence-electron chi connectivity index (χ0n) is 20.7. The Balaban J connectivity index is 1.09. The maximum atomic E-state index is 11.6. The Bertz CT molecular complexity index is 1390. The van der Waals surface area contributed by atoms with Crippen molar-refractivity contribution in [1.29, 1.82) is 5.26 Å². The first kappa shape index (κ1) is 23.6. The summed E-state index contributed by atoms with van der Waals surface area (Å²) < 4.78 is 17.2. The molecule has 0 unspecified atom stereocenters. The van der Waals surface area contributed by atoms with E-state index in [0.717, 1.165) is 60.8 Å². The fourth-order valence-electron chi connectivity index (χ4n) is 5.60. The molecule has 0 radical (unpaired) electrons. The largest absolute Gasteiger partial charge is 0.494 e. The predicted molar refractivity (Wildman–Crippen MR) is 134 cm³/mol. The van der Waals surface area contributed by atoms with Gasteiger partial charge in [0.05, 0.1) is 36.0 Å². The number of hydrogen-bond donors (Lipinski definition) is 2. The van der Waals surface area contributed by atoms with Crippen molar-refractivity contribution in [2.75, 3.05) is 25.6 Å². The van der Waals surface area contributed by atoms with Gasteiger partial charge in [0.1, 0.15) is 6.07 Å². The van der Waals surface area contributed by atoms with Crippen molar-refractivity contribution in [2.45, 2.75) is 56.2 Å². The monoisotopic (exact) mass is 500 g/mol. The average Bonchev–Trinajstić information content (AvgIpc) is 2.95. The van der Waals surface area contributed by atoms with Crippen molar-refractivity contribution in [3.05, 3.63) is 47.4 Å². The molecule has 10 nitrogen and oxygen atoms in total. The second-order valence-electron chi connectivity index (χ2n) is 10.1. The van der Waals surface area contributed by atoms with E-state index in [9.17, 15) is 10.1 Å². The number of carbonyl (C=O) groups is 1. The number of anilines is 1. The van der Waals surface area contributed by atoms with Crippen LogP contribution in [0.1, 0.15) is 49.1 Å². The van der Waals surface area contributed by atoms with Crippen LogP contribution in [0.15, 0.2) is 30.5 Å². The molecule has 0 aromatic carbocycles. The van der Waals surface area contributed by atoms with Crippen LogP contribution in [0, 0.1) is 11.3 Å². The highest BCUT2D eigenvalue weighted by atomic mass is 16.5. The van der Waals surface area contributed by atoms with Gasteiger partial charge >= 0.3 is 0 Å². The molecule has 4 aliphatic rings. The smallest absolute Gasteiger partial charge is 0.263 e. The third-order valence-corrected chi connectivity index (χ3v) is 7.89. The normalized spacial score (nSPS) is 24.2. The quantitative estimate of drug-likeness (QED) is 0.502. The van der Waals surface area contributed by atoms with Crippen LogP contribution in [0.2, 0.25) is 0 Å². The van der Waals surface area contributed by atoms with E-state index in [4.69, 9.17) is 14.2 Å². The molecule has 3 aromatic heterocycles. The maximum Gasteiger partial charge on any atom is 0.263 e. The molecule has 1 amide bonds. The number of nitrogens with one attached hydrogen (secondary N) is 2. The lowest BCUT2D eigenvalue weighted by Crippen LogP contribution is -2.61. The molecule has 2 saturated heterocycles. The molecule has 10 heteroatoms. The highest BCUT2D eigenvalue weighted by Gasteiger charge is 2.49. The van der Waals surface area contributed by atoms with Gasteiger partial charge in [0.15, 0.2) is 29.6 Å². The number of rotatable bonds is 7. The zero-order valence-corrected chi connectivity index (χ0v) is 20.7. The molecule has 1 aliphatic carbocycles. The fourth-order valence-corrected chi connectivity index (χ4v) is 5.60. The van der Waals surface area contributed by atoms with E-state index in [0.29, 0.717) is 30.5 Å². The molecule has 2 N–H and O–H groups in total. The van der Waals surface area contributed by atoms with Gasteiger partial charge in [0.25, 0.3) is 5.91 Å². The molecule has 1 saturated carbocycles. The van der Waals surface area contributed by atoms with Crippen LogP contribution in [0.3, 0.4) is 0 Å². The summed E-state index contributed by atoms with van der Waals surface area (Å²) >= 11 is 0. The molecule has 3 aromatic rings. The third-order valence-electron chi connectivity index (χ3n) is 7.89. The van der Waals surface area contributed by atoms with Crippen molar-refractivity contribution < 1.29 is 19.0 Å². The Hall–Kier alpha value is -3.81.